The van der Waals surface area contributed by atoms with Gasteiger partial charge in [-0.05, 0) is 43.7 Å². The van der Waals surface area contributed by atoms with Gasteiger partial charge in [0.1, 0.15) is 0 Å². The van der Waals surface area contributed by atoms with E-state index in [0.717, 1.165) is 11.3 Å². The number of nitrogens with one attached hydrogen (secondary N) is 1. The van der Waals surface area contributed by atoms with Crippen LogP contribution >= 0.6 is 0 Å². The Kier molecular flexibility index (Phi) is 5.03. The zero-order valence-corrected chi connectivity index (χ0v) is 14.6. The van der Waals surface area contributed by atoms with E-state index in [-0.39, 0.29) is 18.0 Å². The normalized spacial score (nSPS) is 13.9. The van der Waals surface area contributed by atoms with Crippen LogP contribution in [0, 0.1) is 0 Å². The molecule has 3 amide bonds. The van der Waals surface area contributed by atoms with Gasteiger partial charge in [0.05, 0.1) is 0 Å². The summed E-state index contributed by atoms with van der Waals surface area (Å²) in [6, 6.07) is 17.2. The van der Waals surface area contributed by atoms with Crippen LogP contribution in [0.5, 0.6) is 0 Å². The van der Waals surface area contributed by atoms with Gasteiger partial charge in [0.2, 0.25) is 0 Å². The molecule has 0 aromatic heterocycles. The second kappa shape index (κ2) is 7.38. The monoisotopic (exact) mass is 337 g/mol. The lowest BCUT2D eigenvalue weighted by Crippen LogP contribution is -2.36. The van der Waals surface area contributed by atoms with E-state index in [1.54, 1.807) is 17.0 Å². The quantitative estimate of drug-likeness (QED) is 0.910. The minimum absolute atomic E-state index is 0.00345. The molecule has 0 unspecified atom stereocenters. The summed E-state index contributed by atoms with van der Waals surface area (Å²) in [5.74, 6) is -0.00345. The summed E-state index contributed by atoms with van der Waals surface area (Å²) in [5, 5.41) is 2.78. The summed E-state index contributed by atoms with van der Waals surface area (Å²) >= 11 is 0. The molecule has 2 aromatic carbocycles. The Morgan fingerprint density at radius 1 is 1.12 bits per heavy atom. The summed E-state index contributed by atoms with van der Waals surface area (Å²) < 4.78 is 0. The number of anilines is 1. The van der Waals surface area contributed by atoms with Gasteiger partial charge in [-0.2, -0.15) is 0 Å². The highest BCUT2D eigenvalue weighted by atomic mass is 16.2. The zero-order chi connectivity index (χ0) is 17.8. The molecule has 1 aliphatic heterocycles. The lowest BCUT2D eigenvalue weighted by Gasteiger charge is -2.27. The van der Waals surface area contributed by atoms with Crippen molar-refractivity contribution >= 4 is 17.6 Å². The SMILES string of the molecule is CC(C)N(Cc1ccccc1)C(=O)c1ccc(N2CCNC2=O)cc1. The maximum atomic E-state index is 12.9. The standard InChI is InChI=1S/C20H23N3O2/c1-15(2)23(14-16-6-4-3-5-7-16)19(24)17-8-10-18(11-9-17)22-13-12-21-20(22)25/h3-11,15H,12-14H2,1-2H3,(H,21,25). The molecule has 1 fully saturated rings. The van der Waals surface area contributed by atoms with Crippen LogP contribution < -0.4 is 10.2 Å². The molecule has 3 rings (SSSR count). The molecule has 0 radical (unpaired) electrons. The third-order valence-electron chi connectivity index (χ3n) is 4.36. The molecule has 0 aliphatic carbocycles. The van der Waals surface area contributed by atoms with Crippen LogP contribution in [0.1, 0.15) is 29.8 Å². The number of rotatable bonds is 5. The Bertz CT molecular complexity index is 741. The van der Waals surface area contributed by atoms with Gasteiger partial charge in [0.15, 0.2) is 0 Å². The van der Waals surface area contributed by atoms with Crippen molar-refractivity contribution in [2.75, 3.05) is 18.0 Å². The van der Waals surface area contributed by atoms with E-state index >= 15 is 0 Å². The maximum absolute atomic E-state index is 12.9. The van der Waals surface area contributed by atoms with Crippen molar-refractivity contribution in [1.29, 1.82) is 0 Å². The van der Waals surface area contributed by atoms with Gasteiger partial charge >= 0.3 is 6.03 Å². The van der Waals surface area contributed by atoms with Gasteiger partial charge in [-0.25, -0.2) is 4.79 Å². The van der Waals surface area contributed by atoms with Gasteiger partial charge < -0.3 is 10.2 Å². The molecule has 1 saturated heterocycles. The fraction of sp³-hybridized carbons (Fsp3) is 0.300. The van der Waals surface area contributed by atoms with Gasteiger partial charge in [0.25, 0.3) is 5.91 Å². The highest BCUT2D eigenvalue weighted by Crippen LogP contribution is 2.19. The average Bonchev–Trinajstić information content (AvgIpc) is 3.06. The van der Waals surface area contributed by atoms with Crippen LogP contribution in [0.25, 0.3) is 0 Å². The first-order chi connectivity index (χ1) is 12.1. The summed E-state index contributed by atoms with van der Waals surface area (Å²) in [6.07, 6.45) is 0. The number of benzene rings is 2. The van der Waals surface area contributed by atoms with E-state index in [1.807, 2.05) is 61.2 Å². The van der Waals surface area contributed by atoms with Crippen LogP contribution in [0.2, 0.25) is 0 Å². The van der Waals surface area contributed by atoms with E-state index in [1.165, 1.54) is 0 Å². The lowest BCUT2D eigenvalue weighted by molar-refractivity contribution is 0.0690. The van der Waals surface area contributed by atoms with Crippen molar-refractivity contribution in [2.45, 2.75) is 26.4 Å². The van der Waals surface area contributed by atoms with Crippen molar-refractivity contribution < 1.29 is 9.59 Å². The summed E-state index contributed by atoms with van der Waals surface area (Å²) in [6.45, 7) is 5.91. The Morgan fingerprint density at radius 3 is 2.36 bits per heavy atom. The highest BCUT2D eigenvalue weighted by molar-refractivity contribution is 5.97. The van der Waals surface area contributed by atoms with E-state index in [0.29, 0.717) is 25.2 Å². The molecular formula is C20H23N3O2. The van der Waals surface area contributed by atoms with Crippen molar-refractivity contribution in [3.63, 3.8) is 0 Å². The fourth-order valence-electron chi connectivity index (χ4n) is 2.94. The molecule has 2 aromatic rings. The molecule has 5 nitrogen and oxygen atoms in total. The molecular weight excluding hydrogens is 314 g/mol. The number of urea groups is 1. The number of carbonyl (C=O) groups excluding carboxylic acids is 2. The minimum atomic E-state index is -0.0908. The van der Waals surface area contributed by atoms with Gasteiger partial charge in [0, 0.05) is 36.9 Å². The van der Waals surface area contributed by atoms with Crippen LogP contribution in [0.4, 0.5) is 10.5 Å². The summed E-state index contributed by atoms with van der Waals surface area (Å²) in [5.41, 5.74) is 2.55. The average molecular weight is 337 g/mol. The molecule has 1 aliphatic rings. The van der Waals surface area contributed by atoms with Gasteiger partial charge in [-0.1, -0.05) is 30.3 Å². The predicted octanol–water partition coefficient (Wildman–Crippen LogP) is 3.27. The van der Waals surface area contributed by atoms with Crippen LogP contribution in [0.15, 0.2) is 54.6 Å². The van der Waals surface area contributed by atoms with E-state index in [2.05, 4.69) is 5.32 Å². The van der Waals surface area contributed by atoms with Gasteiger partial charge in [-0.15, -0.1) is 0 Å². The maximum Gasteiger partial charge on any atom is 0.321 e. The van der Waals surface area contributed by atoms with Crippen molar-refractivity contribution in [1.82, 2.24) is 10.2 Å². The van der Waals surface area contributed by atoms with E-state index in [4.69, 9.17) is 0 Å². The van der Waals surface area contributed by atoms with Crippen LogP contribution in [0.3, 0.4) is 0 Å². The van der Waals surface area contributed by atoms with Crippen molar-refractivity contribution in [3.05, 3.63) is 65.7 Å². The number of hydrogen-bond donors (Lipinski definition) is 1. The molecule has 0 spiro atoms. The third-order valence-corrected chi connectivity index (χ3v) is 4.36. The topological polar surface area (TPSA) is 52.7 Å². The first-order valence-corrected chi connectivity index (χ1v) is 8.56. The van der Waals surface area contributed by atoms with Crippen molar-refractivity contribution in [3.8, 4) is 0 Å². The van der Waals surface area contributed by atoms with Crippen LogP contribution in [-0.2, 0) is 6.54 Å². The number of hydrogen-bond acceptors (Lipinski definition) is 2. The predicted molar refractivity (Wildman–Crippen MR) is 98.6 cm³/mol. The number of nitrogens with zero attached hydrogens (tertiary/aromatic N) is 2. The summed E-state index contributed by atoms with van der Waals surface area (Å²) in [4.78, 5) is 28.2. The first kappa shape index (κ1) is 17.0. The molecule has 25 heavy (non-hydrogen) atoms. The van der Waals surface area contributed by atoms with E-state index < -0.39 is 0 Å². The Labute approximate surface area is 148 Å². The second-order valence-electron chi connectivity index (χ2n) is 6.44. The lowest BCUT2D eigenvalue weighted by atomic mass is 10.1. The molecule has 1 heterocycles. The van der Waals surface area contributed by atoms with Gasteiger partial charge in [-0.3, -0.25) is 9.69 Å². The third kappa shape index (κ3) is 3.82. The number of carbonyl (C=O) groups is 2. The van der Waals surface area contributed by atoms with Crippen molar-refractivity contribution in [2.24, 2.45) is 0 Å². The molecule has 0 atom stereocenters. The Balaban J connectivity index is 1.76. The largest absolute Gasteiger partial charge is 0.336 e. The first-order valence-electron chi connectivity index (χ1n) is 8.56. The highest BCUT2D eigenvalue weighted by Gasteiger charge is 2.22. The summed E-state index contributed by atoms with van der Waals surface area (Å²) in [7, 11) is 0. The smallest absolute Gasteiger partial charge is 0.321 e. The minimum Gasteiger partial charge on any atom is -0.336 e. The van der Waals surface area contributed by atoms with E-state index in [9.17, 15) is 9.59 Å². The Hall–Kier alpha value is -2.82. The van der Waals surface area contributed by atoms with Crippen LogP contribution in [-0.4, -0.2) is 36.0 Å². The molecule has 1 N–H and O–H groups in total. The molecule has 5 heteroatoms. The Morgan fingerprint density at radius 2 is 1.80 bits per heavy atom. The molecule has 0 saturated carbocycles. The number of amides is 3. The zero-order valence-electron chi connectivity index (χ0n) is 14.6. The molecule has 0 bridgehead atoms. The fourth-order valence-corrected chi connectivity index (χ4v) is 2.94. The molecule has 130 valence electrons. The second-order valence-corrected chi connectivity index (χ2v) is 6.44.